The average Bonchev–Trinajstić information content (AvgIpc) is 3.22. The molecule has 0 saturated carbocycles. The molecule has 3 aromatic rings. The second-order valence-electron chi connectivity index (χ2n) is 6.33. The number of anilines is 1. The standard InChI is InChI=1S/C17H19N7O2/c1-11(14-12-4-2-3-5-13(12)15(25)21-20-14)16(26)23-6-8-24(9-7-23)17-18-10-19-22-17/h2-5,10-11H,6-9H2,1H3,(H,21,25)(H,18,19,22). The lowest BCUT2D eigenvalue weighted by Gasteiger charge is -2.35. The zero-order valence-corrected chi connectivity index (χ0v) is 14.3. The third kappa shape index (κ3) is 2.81. The quantitative estimate of drug-likeness (QED) is 0.709. The molecule has 0 spiro atoms. The van der Waals surface area contributed by atoms with Gasteiger partial charge in [0, 0.05) is 31.6 Å². The molecule has 1 aliphatic rings. The third-order valence-electron chi connectivity index (χ3n) is 4.80. The molecule has 1 aliphatic heterocycles. The summed E-state index contributed by atoms with van der Waals surface area (Å²) in [7, 11) is 0. The van der Waals surface area contributed by atoms with Gasteiger partial charge in [0.25, 0.3) is 5.56 Å². The van der Waals surface area contributed by atoms with Gasteiger partial charge in [-0.3, -0.25) is 9.59 Å². The Labute approximate surface area is 149 Å². The number of fused-ring (bicyclic) bond motifs is 1. The summed E-state index contributed by atoms with van der Waals surface area (Å²) in [6.45, 7) is 4.41. The Hall–Kier alpha value is -3.23. The minimum absolute atomic E-state index is 0.00641. The number of rotatable bonds is 3. The number of aromatic nitrogens is 5. The minimum Gasteiger partial charge on any atom is -0.339 e. The Balaban J connectivity index is 1.52. The highest BCUT2D eigenvalue weighted by Gasteiger charge is 2.28. The lowest BCUT2D eigenvalue weighted by atomic mass is 10.00. The van der Waals surface area contributed by atoms with E-state index >= 15 is 0 Å². The minimum atomic E-state index is -0.437. The fourth-order valence-electron chi connectivity index (χ4n) is 3.35. The number of hydrogen-bond donors (Lipinski definition) is 2. The van der Waals surface area contributed by atoms with E-state index in [9.17, 15) is 9.59 Å². The van der Waals surface area contributed by atoms with Crippen LogP contribution in [0.3, 0.4) is 0 Å². The first kappa shape index (κ1) is 16.2. The van der Waals surface area contributed by atoms with Crippen LogP contribution in [-0.4, -0.2) is 62.4 Å². The second kappa shape index (κ2) is 6.58. The van der Waals surface area contributed by atoms with Gasteiger partial charge in [0.05, 0.1) is 17.0 Å². The van der Waals surface area contributed by atoms with Gasteiger partial charge in [0.2, 0.25) is 11.9 Å². The maximum absolute atomic E-state index is 13.0. The summed E-state index contributed by atoms with van der Waals surface area (Å²) >= 11 is 0. The van der Waals surface area contributed by atoms with E-state index in [0.717, 1.165) is 11.3 Å². The molecular formula is C17H19N7O2. The Bertz CT molecular complexity index is 974. The summed E-state index contributed by atoms with van der Waals surface area (Å²) < 4.78 is 0. The van der Waals surface area contributed by atoms with Crippen molar-refractivity contribution >= 4 is 22.6 Å². The summed E-state index contributed by atoms with van der Waals surface area (Å²) in [5.41, 5.74) is 0.354. The van der Waals surface area contributed by atoms with Crippen LogP contribution in [0.4, 0.5) is 5.95 Å². The van der Waals surface area contributed by atoms with Crippen molar-refractivity contribution < 1.29 is 4.79 Å². The van der Waals surface area contributed by atoms with Gasteiger partial charge in [0.15, 0.2) is 0 Å². The van der Waals surface area contributed by atoms with E-state index < -0.39 is 5.92 Å². The predicted molar refractivity (Wildman–Crippen MR) is 96.0 cm³/mol. The number of amides is 1. The predicted octanol–water partition coefficient (Wildman–Crippen LogP) is 0.494. The lowest BCUT2D eigenvalue weighted by Crippen LogP contribution is -2.50. The highest BCUT2D eigenvalue weighted by atomic mass is 16.2. The molecular weight excluding hydrogens is 334 g/mol. The molecule has 2 aromatic heterocycles. The van der Waals surface area contributed by atoms with E-state index in [-0.39, 0.29) is 11.5 Å². The largest absolute Gasteiger partial charge is 0.339 e. The van der Waals surface area contributed by atoms with Crippen molar-refractivity contribution in [1.29, 1.82) is 0 Å². The fraction of sp³-hybridized carbons (Fsp3) is 0.353. The van der Waals surface area contributed by atoms with Gasteiger partial charge in [-0.1, -0.05) is 18.2 Å². The van der Waals surface area contributed by atoms with Gasteiger partial charge in [0.1, 0.15) is 6.33 Å². The normalized spacial score (nSPS) is 16.0. The summed E-state index contributed by atoms with van der Waals surface area (Å²) in [4.78, 5) is 32.9. The molecule has 1 aromatic carbocycles. The molecule has 2 N–H and O–H groups in total. The highest BCUT2D eigenvalue weighted by Crippen LogP contribution is 2.23. The molecule has 4 rings (SSSR count). The van der Waals surface area contributed by atoms with E-state index in [1.807, 2.05) is 24.0 Å². The van der Waals surface area contributed by atoms with Gasteiger partial charge in [-0.25, -0.2) is 10.2 Å². The van der Waals surface area contributed by atoms with Crippen LogP contribution in [-0.2, 0) is 4.79 Å². The lowest BCUT2D eigenvalue weighted by molar-refractivity contribution is -0.132. The van der Waals surface area contributed by atoms with Crippen molar-refractivity contribution in [2.45, 2.75) is 12.8 Å². The summed E-state index contributed by atoms with van der Waals surface area (Å²) in [5.74, 6) is 0.291. The maximum Gasteiger partial charge on any atom is 0.272 e. The number of benzene rings is 1. The maximum atomic E-state index is 13.0. The molecule has 9 heteroatoms. The van der Waals surface area contributed by atoms with Crippen LogP contribution in [0.1, 0.15) is 18.5 Å². The van der Waals surface area contributed by atoms with Gasteiger partial charge in [-0.05, 0) is 13.0 Å². The molecule has 1 atom stereocenters. The van der Waals surface area contributed by atoms with Crippen LogP contribution in [0, 0.1) is 0 Å². The summed E-state index contributed by atoms with van der Waals surface area (Å²) in [6, 6.07) is 7.22. The average molecular weight is 353 g/mol. The Morgan fingerprint density at radius 2 is 1.85 bits per heavy atom. The fourth-order valence-corrected chi connectivity index (χ4v) is 3.35. The van der Waals surface area contributed by atoms with Crippen LogP contribution < -0.4 is 10.5 Å². The van der Waals surface area contributed by atoms with E-state index in [0.29, 0.717) is 37.3 Å². The van der Waals surface area contributed by atoms with Crippen molar-refractivity contribution in [2.75, 3.05) is 31.1 Å². The van der Waals surface area contributed by atoms with Crippen LogP contribution in [0.5, 0.6) is 0 Å². The molecule has 1 amide bonds. The molecule has 134 valence electrons. The smallest absolute Gasteiger partial charge is 0.272 e. The zero-order valence-electron chi connectivity index (χ0n) is 14.3. The first-order chi connectivity index (χ1) is 12.6. The first-order valence-electron chi connectivity index (χ1n) is 8.51. The van der Waals surface area contributed by atoms with E-state index in [4.69, 9.17) is 0 Å². The van der Waals surface area contributed by atoms with Crippen molar-refractivity contribution in [2.24, 2.45) is 0 Å². The zero-order chi connectivity index (χ0) is 18.1. The number of carbonyl (C=O) groups is 1. The van der Waals surface area contributed by atoms with Gasteiger partial charge < -0.3 is 9.80 Å². The number of nitrogens with one attached hydrogen (secondary N) is 2. The first-order valence-corrected chi connectivity index (χ1v) is 8.51. The second-order valence-corrected chi connectivity index (χ2v) is 6.33. The van der Waals surface area contributed by atoms with Crippen molar-refractivity contribution in [3.8, 4) is 0 Å². The molecule has 1 unspecified atom stereocenters. The SMILES string of the molecule is CC(C(=O)N1CCN(c2ncn[nH]2)CC1)c1n[nH]c(=O)c2ccccc12. The number of carbonyl (C=O) groups excluding carboxylic acids is 1. The Kier molecular flexibility index (Phi) is 4.11. The molecule has 0 bridgehead atoms. The Morgan fingerprint density at radius 1 is 1.12 bits per heavy atom. The van der Waals surface area contributed by atoms with Crippen LogP contribution in [0.15, 0.2) is 35.4 Å². The molecule has 3 heterocycles. The van der Waals surface area contributed by atoms with Gasteiger partial charge in [-0.15, -0.1) is 0 Å². The van der Waals surface area contributed by atoms with Crippen LogP contribution in [0.25, 0.3) is 10.8 Å². The monoisotopic (exact) mass is 353 g/mol. The van der Waals surface area contributed by atoms with E-state index in [1.165, 1.54) is 6.33 Å². The third-order valence-corrected chi connectivity index (χ3v) is 4.80. The number of H-pyrrole nitrogens is 2. The molecule has 0 aliphatic carbocycles. The van der Waals surface area contributed by atoms with Gasteiger partial charge >= 0.3 is 0 Å². The number of aromatic amines is 2. The summed E-state index contributed by atoms with van der Waals surface area (Å²) in [5, 5.41) is 14.6. The molecule has 9 nitrogen and oxygen atoms in total. The van der Waals surface area contributed by atoms with E-state index in [2.05, 4.69) is 30.3 Å². The molecule has 1 saturated heterocycles. The molecule has 26 heavy (non-hydrogen) atoms. The Morgan fingerprint density at radius 3 is 2.54 bits per heavy atom. The number of hydrogen-bond acceptors (Lipinski definition) is 6. The van der Waals surface area contributed by atoms with Crippen LogP contribution >= 0.6 is 0 Å². The van der Waals surface area contributed by atoms with Crippen molar-refractivity contribution in [3.63, 3.8) is 0 Å². The van der Waals surface area contributed by atoms with Crippen molar-refractivity contribution in [3.05, 3.63) is 46.6 Å². The summed E-state index contributed by atoms with van der Waals surface area (Å²) in [6.07, 6.45) is 1.47. The molecule has 0 radical (unpaired) electrons. The number of nitrogens with zero attached hydrogens (tertiary/aromatic N) is 5. The van der Waals surface area contributed by atoms with Crippen molar-refractivity contribution in [1.82, 2.24) is 30.3 Å². The number of piperazine rings is 1. The highest BCUT2D eigenvalue weighted by molar-refractivity contribution is 5.91. The van der Waals surface area contributed by atoms with Crippen LogP contribution in [0.2, 0.25) is 0 Å². The molecule has 1 fully saturated rings. The topological polar surface area (TPSA) is 111 Å². The van der Waals surface area contributed by atoms with Gasteiger partial charge in [-0.2, -0.15) is 15.2 Å². The van der Waals surface area contributed by atoms with E-state index in [1.54, 1.807) is 12.1 Å².